The number of benzene rings is 1. The van der Waals surface area contributed by atoms with Crippen molar-refractivity contribution < 1.29 is 9.53 Å². The summed E-state index contributed by atoms with van der Waals surface area (Å²) in [5.74, 6) is 5.92. The number of rotatable bonds is 2. The molecule has 0 saturated heterocycles. The zero-order chi connectivity index (χ0) is 13.9. The van der Waals surface area contributed by atoms with Gasteiger partial charge in [0, 0.05) is 5.56 Å². The van der Waals surface area contributed by atoms with Gasteiger partial charge in [0.05, 0.1) is 7.11 Å². The summed E-state index contributed by atoms with van der Waals surface area (Å²) < 4.78 is 4.79. The Balaban J connectivity index is 2.12. The highest BCUT2D eigenvalue weighted by Crippen LogP contribution is 2.40. The van der Waals surface area contributed by atoms with Crippen LogP contribution in [0, 0.1) is 11.8 Å². The molecular formula is C16H19NO2. The molecule has 1 aliphatic carbocycles. The third-order valence-electron chi connectivity index (χ3n) is 3.79. The normalized spacial score (nSPS) is 25.5. The Hall–Kier alpha value is -1.79. The molecule has 1 aromatic rings. The largest absolute Gasteiger partial charge is 0.468 e. The molecular weight excluding hydrogens is 238 g/mol. The molecule has 0 aliphatic heterocycles. The summed E-state index contributed by atoms with van der Waals surface area (Å²) in [4.78, 5) is 11.7. The zero-order valence-electron chi connectivity index (χ0n) is 11.4. The second kappa shape index (κ2) is 5.46. The SMILES string of the molecule is CC#Cc1ccc(C2CCC(N)(C(=O)OC)C2)cc1. The van der Waals surface area contributed by atoms with E-state index in [-0.39, 0.29) is 5.97 Å². The van der Waals surface area contributed by atoms with Crippen LogP contribution in [0.3, 0.4) is 0 Å². The first-order chi connectivity index (χ1) is 9.09. The molecule has 0 spiro atoms. The first kappa shape index (κ1) is 13.6. The van der Waals surface area contributed by atoms with Crippen molar-refractivity contribution >= 4 is 5.97 Å². The van der Waals surface area contributed by atoms with Crippen LogP contribution in [-0.4, -0.2) is 18.6 Å². The molecule has 19 heavy (non-hydrogen) atoms. The van der Waals surface area contributed by atoms with E-state index in [9.17, 15) is 4.79 Å². The lowest BCUT2D eigenvalue weighted by Gasteiger charge is -2.20. The van der Waals surface area contributed by atoms with E-state index in [4.69, 9.17) is 10.5 Å². The molecule has 2 atom stereocenters. The molecule has 1 saturated carbocycles. The minimum absolute atomic E-state index is 0.302. The Morgan fingerprint density at radius 3 is 2.68 bits per heavy atom. The quantitative estimate of drug-likeness (QED) is 0.652. The van der Waals surface area contributed by atoms with Crippen LogP contribution < -0.4 is 5.73 Å². The van der Waals surface area contributed by atoms with Crippen LogP contribution in [0.2, 0.25) is 0 Å². The van der Waals surface area contributed by atoms with Gasteiger partial charge in [0.15, 0.2) is 0 Å². The van der Waals surface area contributed by atoms with Gasteiger partial charge < -0.3 is 10.5 Å². The number of methoxy groups -OCH3 is 1. The molecule has 100 valence electrons. The van der Waals surface area contributed by atoms with Crippen molar-refractivity contribution in [3.8, 4) is 11.8 Å². The number of carbonyl (C=O) groups is 1. The lowest BCUT2D eigenvalue weighted by molar-refractivity contribution is -0.146. The van der Waals surface area contributed by atoms with E-state index in [2.05, 4.69) is 24.0 Å². The van der Waals surface area contributed by atoms with Crippen molar-refractivity contribution in [1.82, 2.24) is 0 Å². The summed E-state index contributed by atoms with van der Waals surface area (Å²) >= 11 is 0. The smallest absolute Gasteiger partial charge is 0.325 e. The Bertz CT molecular complexity index is 524. The molecule has 3 heteroatoms. The van der Waals surface area contributed by atoms with E-state index in [1.165, 1.54) is 12.7 Å². The lowest BCUT2D eigenvalue weighted by Crippen LogP contribution is -2.46. The summed E-state index contributed by atoms with van der Waals surface area (Å²) in [6.45, 7) is 1.82. The van der Waals surface area contributed by atoms with Crippen LogP contribution in [0.15, 0.2) is 24.3 Å². The van der Waals surface area contributed by atoms with Gasteiger partial charge in [-0.2, -0.15) is 0 Å². The Labute approximate surface area is 114 Å². The van der Waals surface area contributed by atoms with Crippen molar-refractivity contribution in [2.45, 2.75) is 37.6 Å². The van der Waals surface area contributed by atoms with Gasteiger partial charge in [-0.15, -0.1) is 5.92 Å². The van der Waals surface area contributed by atoms with Crippen LogP contribution in [0.5, 0.6) is 0 Å². The third kappa shape index (κ3) is 2.80. The summed E-state index contributed by atoms with van der Waals surface area (Å²) in [5.41, 5.74) is 7.53. The second-order valence-electron chi connectivity index (χ2n) is 5.08. The van der Waals surface area contributed by atoms with Crippen molar-refractivity contribution in [2.24, 2.45) is 5.73 Å². The summed E-state index contributed by atoms with van der Waals surface area (Å²) in [6, 6.07) is 8.18. The predicted octanol–water partition coefficient (Wildman–Crippen LogP) is 2.20. The molecule has 0 heterocycles. The highest BCUT2D eigenvalue weighted by molar-refractivity contribution is 5.81. The fourth-order valence-electron chi connectivity index (χ4n) is 2.73. The fourth-order valence-corrected chi connectivity index (χ4v) is 2.73. The molecule has 2 rings (SSSR count). The Morgan fingerprint density at radius 2 is 2.11 bits per heavy atom. The maximum atomic E-state index is 11.7. The van der Waals surface area contributed by atoms with Gasteiger partial charge in [-0.05, 0) is 49.8 Å². The summed E-state index contributed by atoms with van der Waals surface area (Å²) in [5, 5.41) is 0. The average molecular weight is 257 g/mol. The number of hydrogen-bond donors (Lipinski definition) is 1. The molecule has 1 fully saturated rings. The van der Waals surface area contributed by atoms with Crippen LogP contribution in [0.1, 0.15) is 43.2 Å². The maximum Gasteiger partial charge on any atom is 0.325 e. The standard InChI is InChI=1S/C16H19NO2/c1-3-4-12-5-7-13(8-6-12)14-9-10-16(17,11-14)15(18)19-2/h5-8,14H,9-11,17H2,1-2H3. The molecule has 0 radical (unpaired) electrons. The van der Waals surface area contributed by atoms with Crippen molar-refractivity contribution in [2.75, 3.05) is 7.11 Å². The van der Waals surface area contributed by atoms with E-state index in [1.54, 1.807) is 0 Å². The van der Waals surface area contributed by atoms with Crippen molar-refractivity contribution in [3.63, 3.8) is 0 Å². The maximum absolute atomic E-state index is 11.7. The minimum Gasteiger partial charge on any atom is -0.468 e. The number of hydrogen-bond acceptors (Lipinski definition) is 3. The van der Waals surface area contributed by atoms with Crippen molar-refractivity contribution in [1.29, 1.82) is 0 Å². The van der Waals surface area contributed by atoms with E-state index in [0.29, 0.717) is 18.8 Å². The average Bonchev–Trinajstić information content (AvgIpc) is 2.83. The van der Waals surface area contributed by atoms with Gasteiger partial charge in [0.2, 0.25) is 0 Å². The topological polar surface area (TPSA) is 52.3 Å². The number of esters is 1. The van der Waals surface area contributed by atoms with Gasteiger partial charge in [0.25, 0.3) is 0 Å². The molecule has 2 unspecified atom stereocenters. The van der Waals surface area contributed by atoms with E-state index in [0.717, 1.165) is 12.0 Å². The summed E-state index contributed by atoms with van der Waals surface area (Å²) in [7, 11) is 1.39. The molecule has 1 aromatic carbocycles. The zero-order valence-corrected chi connectivity index (χ0v) is 11.4. The van der Waals surface area contributed by atoms with Gasteiger partial charge in [-0.3, -0.25) is 4.79 Å². The van der Waals surface area contributed by atoms with E-state index in [1.807, 2.05) is 19.1 Å². The van der Waals surface area contributed by atoms with Crippen molar-refractivity contribution in [3.05, 3.63) is 35.4 Å². The van der Waals surface area contributed by atoms with E-state index < -0.39 is 5.54 Å². The summed E-state index contributed by atoms with van der Waals surface area (Å²) in [6.07, 6.45) is 2.25. The van der Waals surface area contributed by atoms with Gasteiger partial charge in [-0.25, -0.2) is 0 Å². The molecule has 1 aliphatic rings. The van der Waals surface area contributed by atoms with Gasteiger partial charge >= 0.3 is 5.97 Å². The lowest BCUT2D eigenvalue weighted by atomic mass is 9.93. The molecule has 0 bridgehead atoms. The van der Waals surface area contributed by atoms with Crippen LogP contribution >= 0.6 is 0 Å². The minimum atomic E-state index is -0.818. The van der Waals surface area contributed by atoms with Gasteiger partial charge in [0.1, 0.15) is 5.54 Å². The van der Waals surface area contributed by atoms with Gasteiger partial charge in [-0.1, -0.05) is 18.1 Å². The Kier molecular flexibility index (Phi) is 3.92. The van der Waals surface area contributed by atoms with Crippen LogP contribution in [0.4, 0.5) is 0 Å². The third-order valence-corrected chi connectivity index (χ3v) is 3.79. The molecule has 0 aromatic heterocycles. The predicted molar refractivity (Wildman–Crippen MR) is 74.5 cm³/mol. The molecule has 0 amide bonds. The number of ether oxygens (including phenoxy) is 1. The van der Waals surface area contributed by atoms with E-state index >= 15 is 0 Å². The number of carbonyl (C=O) groups excluding carboxylic acids is 1. The highest BCUT2D eigenvalue weighted by Gasteiger charge is 2.43. The first-order valence-electron chi connectivity index (χ1n) is 6.49. The monoisotopic (exact) mass is 257 g/mol. The highest BCUT2D eigenvalue weighted by atomic mass is 16.5. The first-order valence-corrected chi connectivity index (χ1v) is 6.49. The molecule has 2 N–H and O–H groups in total. The Morgan fingerprint density at radius 1 is 1.42 bits per heavy atom. The van der Waals surface area contributed by atoms with Crippen LogP contribution in [0.25, 0.3) is 0 Å². The fraction of sp³-hybridized carbons (Fsp3) is 0.438. The van der Waals surface area contributed by atoms with Crippen LogP contribution in [-0.2, 0) is 9.53 Å². The molecule has 3 nitrogen and oxygen atoms in total. The number of nitrogens with two attached hydrogens (primary N) is 1. The second-order valence-corrected chi connectivity index (χ2v) is 5.08.